The number of nitrogens with one attached hydrogen (secondary N) is 2. The summed E-state index contributed by atoms with van der Waals surface area (Å²) in [7, 11) is 0. The van der Waals surface area contributed by atoms with Crippen LogP contribution in [-0.4, -0.2) is 31.4 Å². The fourth-order valence-corrected chi connectivity index (χ4v) is 3.89. The highest BCUT2D eigenvalue weighted by Gasteiger charge is 2.35. The molecule has 1 aliphatic rings. The highest BCUT2D eigenvalue weighted by molar-refractivity contribution is 7.10. The van der Waals surface area contributed by atoms with Crippen molar-refractivity contribution in [3.05, 3.63) is 22.4 Å². The minimum atomic E-state index is -0.309. The number of hydrogen-bond acceptors (Lipinski definition) is 4. The molecule has 0 aliphatic heterocycles. The summed E-state index contributed by atoms with van der Waals surface area (Å²) in [5.74, 6) is -0.464. The Morgan fingerprint density at radius 1 is 1.19 bits per heavy atom. The molecule has 1 saturated carbocycles. The van der Waals surface area contributed by atoms with Gasteiger partial charge in [-0.05, 0) is 24.3 Å². The second kappa shape index (κ2) is 7.56. The van der Waals surface area contributed by atoms with Crippen LogP contribution in [0.2, 0.25) is 0 Å². The minimum absolute atomic E-state index is 0.00342. The SMILES string of the molecule is NCC(=O)NCC(=O)NCC1(c2cccs2)CCCCC1. The van der Waals surface area contributed by atoms with E-state index in [1.807, 2.05) is 0 Å². The highest BCUT2D eigenvalue weighted by Crippen LogP contribution is 2.40. The fourth-order valence-electron chi connectivity index (χ4n) is 2.90. The Morgan fingerprint density at radius 3 is 2.57 bits per heavy atom. The zero-order chi connectivity index (χ0) is 15.1. The summed E-state index contributed by atoms with van der Waals surface area (Å²) in [4.78, 5) is 24.3. The molecule has 1 aromatic rings. The van der Waals surface area contributed by atoms with E-state index in [1.165, 1.54) is 24.1 Å². The van der Waals surface area contributed by atoms with Crippen LogP contribution in [0.15, 0.2) is 17.5 Å². The molecule has 1 aliphatic carbocycles. The summed E-state index contributed by atoms with van der Waals surface area (Å²) >= 11 is 1.76. The van der Waals surface area contributed by atoms with E-state index in [9.17, 15) is 9.59 Å². The van der Waals surface area contributed by atoms with Gasteiger partial charge in [-0.25, -0.2) is 0 Å². The molecule has 2 amide bonds. The van der Waals surface area contributed by atoms with Gasteiger partial charge in [0.15, 0.2) is 0 Å². The lowest BCUT2D eigenvalue weighted by Gasteiger charge is -2.36. The van der Waals surface area contributed by atoms with Crippen LogP contribution >= 0.6 is 11.3 Å². The number of thiophene rings is 1. The zero-order valence-corrected chi connectivity index (χ0v) is 13.0. The first-order valence-electron chi connectivity index (χ1n) is 7.44. The van der Waals surface area contributed by atoms with Gasteiger partial charge in [-0.2, -0.15) is 0 Å². The van der Waals surface area contributed by atoms with Crippen molar-refractivity contribution in [1.29, 1.82) is 0 Å². The Kier molecular flexibility index (Phi) is 5.76. The zero-order valence-electron chi connectivity index (χ0n) is 12.2. The molecule has 0 bridgehead atoms. The minimum Gasteiger partial charge on any atom is -0.354 e. The number of carbonyl (C=O) groups is 2. The van der Waals surface area contributed by atoms with Crippen molar-refractivity contribution in [3.63, 3.8) is 0 Å². The third-order valence-electron chi connectivity index (χ3n) is 4.11. The van der Waals surface area contributed by atoms with Gasteiger partial charge in [0.2, 0.25) is 11.8 Å². The van der Waals surface area contributed by atoms with Gasteiger partial charge < -0.3 is 16.4 Å². The van der Waals surface area contributed by atoms with E-state index in [0.29, 0.717) is 6.54 Å². The first-order valence-corrected chi connectivity index (χ1v) is 8.32. The van der Waals surface area contributed by atoms with E-state index in [-0.39, 0.29) is 30.3 Å². The van der Waals surface area contributed by atoms with Gasteiger partial charge in [-0.3, -0.25) is 9.59 Å². The molecule has 2 rings (SSSR count). The van der Waals surface area contributed by atoms with Crippen LogP contribution < -0.4 is 16.4 Å². The third-order valence-corrected chi connectivity index (χ3v) is 5.23. The quantitative estimate of drug-likeness (QED) is 0.737. The van der Waals surface area contributed by atoms with Gasteiger partial charge in [0.25, 0.3) is 0 Å². The van der Waals surface area contributed by atoms with E-state index < -0.39 is 0 Å². The van der Waals surface area contributed by atoms with E-state index in [2.05, 4.69) is 28.1 Å². The molecule has 6 heteroatoms. The van der Waals surface area contributed by atoms with Crippen LogP contribution in [0, 0.1) is 0 Å². The van der Waals surface area contributed by atoms with E-state index in [0.717, 1.165) is 12.8 Å². The molecular formula is C15H23N3O2S. The maximum Gasteiger partial charge on any atom is 0.239 e. The second-order valence-electron chi connectivity index (χ2n) is 5.58. The maximum atomic E-state index is 11.9. The summed E-state index contributed by atoms with van der Waals surface area (Å²) in [6.07, 6.45) is 5.91. The largest absolute Gasteiger partial charge is 0.354 e. The Bertz CT molecular complexity index is 467. The molecule has 0 aromatic carbocycles. The van der Waals surface area contributed by atoms with E-state index in [4.69, 9.17) is 5.73 Å². The van der Waals surface area contributed by atoms with Gasteiger partial charge in [0.1, 0.15) is 0 Å². The van der Waals surface area contributed by atoms with Crippen molar-refractivity contribution in [2.75, 3.05) is 19.6 Å². The Balaban J connectivity index is 1.91. The lowest BCUT2D eigenvalue weighted by Crippen LogP contribution is -2.45. The van der Waals surface area contributed by atoms with Crippen LogP contribution in [0.1, 0.15) is 37.0 Å². The molecule has 21 heavy (non-hydrogen) atoms. The topological polar surface area (TPSA) is 84.2 Å². The van der Waals surface area contributed by atoms with Gasteiger partial charge in [0.05, 0.1) is 13.1 Å². The van der Waals surface area contributed by atoms with Crippen molar-refractivity contribution in [2.24, 2.45) is 5.73 Å². The Hall–Kier alpha value is -1.40. The smallest absolute Gasteiger partial charge is 0.239 e. The highest BCUT2D eigenvalue weighted by atomic mass is 32.1. The van der Waals surface area contributed by atoms with Gasteiger partial charge in [-0.1, -0.05) is 25.3 Å². The molecule has 0 atom stereocenters. The predicted octanol–water partition coefficient (Wildman–Crippen LogP) is 1.14. The number of amides is 2. The molecule has 1 aromatic heterocycles. The van der Waals surface area contributed by atoms with Gasteiger partial charge >= 0.3 is 0 Å². The van der Waals surface area contributed by atoms with Gasteiger partial charge in [-0.15, -0.1) is 11.3 Å². The molecule has 0 unspecified atom stereocenters. The molecule has 1 fully saturated rings. The molecule has 0 radical (unpaired) electrons. The third kappa shape index (κ3) is 4.28. The van der Waals surface area contributed by atoms with Crippen LogP contribution in [0.25, 0.3) is 0 Å². The van der Waals surface area contributed by atoms with Crippen molar-refractivity contribution in [3.8, 4) is 0 Å². The van der Waals surface area contributed by atoms with Crippen molar-refractivity contribution in [1.82, 2.24) is 10.6 Å². The summed E-state index contributed by atoms with van der Waals surface area (Å²) in [5, 5.41) is 7.56. The molecule has 4 N–H and O–H groups in total. The lowest BCUT2D eigenvalue weighted by atomic mass is 9.73. The molecule has 116 valence electrons. The summed E-state index contributed by atoms with van der Waals surface area (Å²) < 4.78 is 0. The van der Waals surface area contributed by atoms with Crippen molar-refractivity contribution < 1.29 is 9.59 Å². The maximum absolute atomic E-state index is 11.9. The van der Waals surface area contributed by atoms with Crippen molar-refractivity contribution >= 4 is 23.2 Å². The Morgan fingerprint density at radius 2 is 1.95 bits per heavy atom. The number of carbonyl (C=O) groups excluding carboxylic acids is 2. The average molecular weight is 309 g/mol. The lowest BCUT2D eigenvalue weighted by molar-refractivity contribution is -0.125. The van der Waals surface area contributed by atoms with Crippen molar-refractivity contribution in [2.45, 2.75) is 37.5 Å². The summed E-state index contributed by atoms with van der Waals surface area (Å²) in [6.45, 7) is 0.549. The van der Waals surface area contributed by atoms with Gasteiger partial charge in [0, 0.05) is 16.8 Å². The second-order valence-corrected chi connectivity index (χ2v) is 6.52. The fraction of sp³-hybridized carbons (Fsp3) is 0.600. The van der Waals surface area contributed by atoms with E-state index in [1.54, 1.807) is 11.3 Å². The standard InChI is InChI=1S/C15H23N3O2S/c16-9-13(19)17-10-14(20)18-11-15(6-2-1-3-7-15)12-5-4-8-21-12/h4-5,8H,1-3,6-7,9-11,16H2,(H,17,19)(H,18,20). The molecule has 0 saturated heterocycles. The van der Waals surface area contributed by atoms with Crippen LogP contribution in [0.5, 0.6) is 0 Å². The number of hydrogen-bond donors (Lipinski definition) is 3. The van der Waals surface area contributed by atoms with Crippen LogP contribution in [0.4, 0.5) is 0 Å². The normalized spacial score (nSPS) is 17.2. The summed E-state index contributed by atoms with van der Waals surface area (Å²) in [6, 6.07) is 4.23. The number of nitrogens with two attached hydrogens (primary N) is 1. The van der Waals surface area contributed by atoms with Crippen LogP contribution in [-0.2, 0) is 15.0 Å². The van der Waals surface area contributed by atoms with Crippen LogP contribution in [0.3, 0.4) is 0 Å². The number of rotatable bonds is 6. The first kappa shape index (κ1) is 16.0. The monoisotopic (exact) mass is 309 g/mol. The summed E-state index contributed by atoms with van der Waals surface area (Å²) in [5.41, 5.74) is 5.26. The molecule has 0 spiro atoms. The predicted molar refractivity (Wildman–Crippen MR) is 84.2 cm³/mol. The Labute approximate surface area is 129 Å². The molecular weight excluding hydrogens is 286 g/mol. The molecule has 5 nitrogen and oxygen atoms in total. The first-order chi connectivity index (χ1) is 10.2. The molecule has 1 heterocycles. The average Bonchev–Trinajstić information content (AvgIpc) is 3.06. The van der Waals surface area contributed by atoms with E-state index >= 15 is 0 Å².